The van der Waals surface area contributed by atoms with Crippen LogP contribution in [0, 0.1) is 11.8 Å². The van der Waals surface area contributed by atoms with Gasteiger partial charge >= 0.3 is 0 Å². The number of hydrogen-bond acceptors (Lipinski definition) is 0. The summed E-state index contributed by atoms with van der Waals surface area (Å²) in [6, 6.07) is 0. The van der Waals surface area contributed by atoms with Crippen molar-refractivity contribution < 1.29 is 0 Å². The molecule has 2 aliphatic carbocycles. The zero-order chi connectivity index (χ0) is 9.52. The van der Waals surface area contributed by atoms with E-state index in [9.17, 15) is 0 Å². The molecule has 0 unspecified atom stereocenters. The van der Waals surface area contributed by atoms with Gasteiger partial charge in [0.25, 0.3) is 0 Å². The van der Waals surface area contributed by atoms with Crippen LogP contribution in [0.15, 0.2) is 0 Å². The fourth-order valence-corrected chi connectivity index (χ4v) is 2.44. The molecule has 0 heterocycles. The van der Waals surface area contributed by atoms with Gasteiger partial charge in [0, 0.05) is 0 Å². The maximum absolute atomic E-state index is 2.36. The lowest BCUT2D eigenvalue weighted by Crippen LogP contribution is -1.99. The molecule has 78 valence electrons. The highest BCUT2D eigenvalue weighted by Crippen LogP contribution is 2.23. The Morgan fingerprint density at radius 1 is 0.538 bits per heavy atom. The van der Waals surface area contributed by atoms with Crippen molar-refractivity contribution in [1.29, 1.82) is 0 Å². The lowest BCUT2D eigenvalue weighted by atomic mass is 9.91. The maximum Gasteiger partial charge on any atom is -0.0443 e. The molecule has 0 nitrogen and oxygen atoms in total. The summed E-state index contributed by atoms with van der Waals surface area (Å²) >= 11 is 0. The highest BCUT2D eigenvalue weighted by atomic mass is 14.1. The minimum atomic E-state index is 1.04. The first-order valence-corrected chi connectivity index (χ1v) is 6.29. The van der Waals surface area contributed by atoms with Crippen LogP contribution in [0.4, 0.5) is 0 Å². The van der Waals surface area contributed by atoms with Crippen molar-refractivity contribution >= 4 is 0 Å². The Balaban J connectivity index is 0.000000132. The third-order valence-electron chi connectivity index (χ3n) is 3.54. The summed E-state index contributed by atoms with van der Waals surface area (Å²) in [6.07, 6.45) is 13.4. The van der Waals surface area contributed by atoms with Gasteiger partial charge < -0.3 is 0 Å². The zero-order valence-electron chi connectivity index (χ0n) is 9.52. The van der Waals surface area contributed by atoms with E-state index in [1.807, 2.05) is 0 Å². The molecule has 2 rings (SSSR count). The quantitative estimate of drug-likeness (QED) is 0.505. The Bertz CT molecular complexity index is 105. The summed E-state index contributed by atoms with van der Waals surface area (Å²) in [4.78, 5) is 0. The fraction of sp³-hybridized carbons (Fsp3) is 1.00. The molecule has 0 aromatic carbocycles. The SMILES string of the molecule is CC1CCCC1.CC1CCCCC1. The molecule has 0 saturated heterocycles. The van der Waals surface area contributed by atoms with Gasteiger partial charge in [-0.2, -0.15) is 0 Å². The van der Waals surface area contributed by atoms with Crippen LogP contribution in [-0.4, -0.2) is 0 Å². The van der Waals surface area contributed by atoms with E-state index in [2.05, 4.69) is 13.8 Å². The van der Waals surface area contributed by atoms with Gasteiger partial charge in [-0.3, -0.25) is 0 Å². The molecule has 0 aliphatic heterocycles. The molecule has 0 N–H and O–H groups in total. The normalized spacial score (nSPS) is 25.4. The van der Waals surface area contributed by atoms with Crippen LogP contribution < -0.4 is 0 Å². The van der Waals surface area contributed by atoms with Crippen LogP contribution in [0.25, 0.3) is 0 Å². The Kier molecular flexibility index (Phi) is 5.50. The second kappa shape index (κ2) is 6.45. The maximum atomic E-state index is 2.36. The first-order valence-electron chi connectivity index (χ1n) is 6.29. The standard InChI is InChI=1S/C7H14.C6H12/c1-7-5-3-2-4-6-7;1-6-4-2-3-5-6/h7H,2-6H2,1H3;6H,2-5H2,1H3. The van der Waals surface area contributed by atoms with Crippen LogP contribution in [0.1, 0.15) is 71.6 Å². The molecule has 2 aliphatic rings. The molecule has 0 aromatic rings. The first kappa shape index (κ1) is 11.1. The van der Waals surface area contributed by atoms with E-state index in [-0.39, 0.29) is 0 Å². The third-order valence-corrected chi connectivity index (χ3v) is 3.54. The van der Waals surface area contributed by atoms with E-state index < -0.39 is 0 Å². The molecule has 0 amide bonds. The van der Waals surface area contributed by atoms with Crippen LogP contribution in [-0.2, 0) is 0 Å². The van der Waals surface area contributed by atoms with E-state index in [1.165, 1.54) is 57.8 Å². The molecule has 2 saturated carbocycles. The molecule has 0 spiro atoms. The molecular weight excluding hydrogens is 156 g/mol. The lowest BCUT2D eigenvalue weighted by Gasteiger charge is -2.15. The Labute approximate surface area is 84.1 Å². The van der Waals surface area contributed by atoms with E-state index >= 15 is 0 Å². The molecule has 0 radical (unpaired) electrons. The van der Waals surface area contributed by atoms with Gasteiger partial charge in [-0.1, -0.05) is 71.6 Å². The fourth-order valence-electron chi connectivity index (χ4n) is 2.44. The average molecular weight is 182 g/mol. The summed E-state index contributed by atoms with van der Waals surface area (Å²) < 4.78 is 0. The Morgan fingerprint density at radius 3 is 1.00 bits per heavy atom. The van der Waals surface area contributed by atoms with E-state index in [0.29, 0.717) is 0 Å². The van der Waals surface area contributed by atoms with Crippen molar-refractivity contribution in [2.45, 2.75) is 71.6 Å². The summed E-state index contributed by atoms with van der Waals surface area (Å²) in [5.41, 5.74) is 0. The predicted molar refractivity (Wildman–Crippen MR) is 59.9 cm³/mol. The first-order chi connectivity index (χ1) is 6.29. The van der Waals surface area contributed by atoms with Gasteiger partial charge in [0.05, 0.1) is 0 Å². The smallest absolute Gasteiger partial charge is 0.0443 e. The topological polar surface area (TPSA) is 0 Å². The minimum Gasteiger partial charge on any atom is -0.0625 e. The number of hydrogen-bond donors (Lipinski definition) is 0. The van der Waals surface area contributed by atoms with Gasteiger partial charge in [-0.05, 0) is 11.8 Å². The summed E-state index contributed by atoms with van der Waals surface area (Å²) in [7, 11) is 0. The van der Waals surface area contributed by atoms with Crippen molar-refractivity contribution in [3.63, 3.8) is 0 Å². The van der Waals surface area contributed by atoms with Crippen molar-refractivity contribution in [2.75, 3.05) is 0 Å². The van der Waals surface area contributed by atoms with Gasteiger partial charge in [0.1, 0.15) is 0 Å². The van der Waals surface area contributed by atoms with Gasteiger partial charge in [-0.25, -0.2) is 0 Å². The largest absolute Gasteiger partial charge is 0.0625 e. The highest BCUT2D eigenvalue weighted by molar-refractivity contribution is 4.60. The van der Waals surface area contributed by atoms with Crippen molar-refractivity contribution in [3.8, 4) is 0 Å². The molecule has 2 fully saturated rings. The molecule has 13 heavy (non-hydrogen) atoms. The number of rotatable bonds is 0. The van der Waals surface area contributed by atoms with Crippen LogP contribution in [0.5, 0.6) is 0 Å². The molecule has 0 atom stereocenters. The monoisotopic (exact) mass is 182 g/mol. The highest BCUT2D eigenvalue weighted by Gasteiger charge is 2.07. The van der Waals surface area contributed by atoms with Crippen LogP contribution in [0.3, 0.4) is 0 Å². The van der Waals surface area contributed by atoms with E-state index in [1.54, 1.807) is 0 Å². The average Bonchev–Trinajstić information content (AvgIpc) is 2.58. The van der Waals surface area contributed by atoms with Gasteiger partial charge in [0.15, 0.2) is 0 Å². The lowest BCUT2D eigenvalue weighted by molar-refractivity contribution is 0.385. The van der Waals surface area contributed by atoms with Gasteiger partial charge in [0.2, 0.25) is 0 Å². The zero-order valence-corrected chi connectivity index (χ0v) is 9.52. The van der Waals surface area contributed by atoms with Crippen LogP contribution >= 0.6 is 0 Å². The Hall–Kier alpha value is 0. The molecule has 0 aromatic heterocycles. The summed E-state index contributed by atoms with van der Waals surface area (Å²) in [5, 5.41) is 0. The van der Waals surface area contributed by atoms with Gasteiger partial charge in [-0.15, -0.1) is 0 Å². The van der Waals surface area contributed by atoms with Crippen molar-refractivity contribution in [2.24, 2.45) is 11.8 Å². The van der Waals surface area contributed by atoms with Crippen LogP contribution in [0.2, 0.25) is 0 Å². The predicted octanol–water partition coefficient (Wildman–Crippen LogP) is 4.78. The van der Waals surface area contributed by atoms with Crippen molar-refractivity contribution in [3.05, 3.63) is 0 Å². The third kappa shape index (κ3) is 5.33. The second-order valence-corrected chi connectivity index (χ2v) is 5.13. The summed E-state index contributed by atoms with van der Waals surface area (Å²) in [6.45, 7) is 4.70. The minimum absolute atomic E-state index is 1.04. The molecular formula is C13H26. The second-order valence-electron chi connectivity index (χ2n) is 5.13. The van der Waals surface area contributed by atoms with E-state index in [4.69, 9.17) is 0 Å². The molecule has 0 bridgehead atoms. The molecule has 0 heteroatoms. The Morgan fingerprint density at radius 2 is 0.846 bits per heavy atom. The van der Waals surface area contributed by atoms with E-state index in [0.717, 1.165) is 11.8 Å². The van der Waals surface area contributed by atoms with Crippen molar-refractivity contribution in [1.82, 2.24) is 0 Å². The summed E-state index contributed by atoms with van der Waals surface area (Å²) in [5.74, 6) is 2.08.